The molecule has 102 valence electrons. The Bertz CT molecular complexity index is 619. The van der Waals surface area contributed by atoms with E-state index in [9.17, 15) is 4.79 Å². The number of esters is 1. The normalized spacial score (nSPS) is 10.7. The van der Waals surface area contributed by atoms with Crippen molar-refractivity contribution in [3.05, 3.63) is 27.9 Å². The minimum absolute atomic E-state index is 0.320. The molecule has 0 amide bonds. The molecule has 0 N–H and O–H groups in total. The van der Waals surface area contributed by atoms with Gasteiger partial charge in [0.25, 0.3) is 0 Å². The van der Waals surface area contributed by atoms with Crippen LogP contribution >= 0.6 is 31.9 Å². The van der Waals surface area contributed by atoms with Crippen LogP contribution in [0.1, 0.15) is 23.0 Å². The highest BCUT2D eigenvalue weighted by Crippen LogP contribution is 2.35. The van der Waals surface area contributed by atoms with Crippen LogP contribution in [0.25, 0.3) is 11.0 Å². The van der Waals surface area contributed by atoms with Crippen molar-refractivity contribution >= 4 is 48.8 Å². The van der Waals surface area contributed by atoms with E-state index >= 15 is 0 Å². The summed E-state index contributed by atoms with van der Waals surface area (Å²) in [6.07, 6.45) is 0. The molecule has 2 aromatic rings. The summed E-state index contributed by atoms with van der Waals surface area (Å²) >= 11 is 6.70. The molecule has 0 aliphatic rings. The van der Waals surface area contributed by atoms with Crippen molar-refractivity contribution in [2.75, 3.05) is 13.7 Å². The van der Waals surface area contributed by atoms with Crippen molar-refractivity contribution < 1.29 is 18.7 Å². The van der Waals surface area contributed by atoms with Crippen LogP contribution in [0.3, 0.4) is 0 Å². The molecule has 0 unspecified atom stereocenters. The smallest absolute Gasteiger partial charge is 0.342 e. The summed E-state index contributed by atoms with van der Waals surface area (Å²) in [7, 11) is 1.57. The number of fused-ring (bicyclic) bond motifs is 1. The van der Waals surface area contributed by atoms with Gasteiger partial charge in [-0.1, -0.05) is 15.9 Å². The van der Waals surface area contributed by atoms with Gasteiger partial charge in [0.1, 0.15) is 22.7 Å². The number of carbonyl (C=O) groups is 1. The van der Waals surface area contributed by atoms with Crippen molar-refractivity contribution in [3.8, 4) is 5.75 Å². The minimum atomic E-state index is -0.389. The number of methoxy groups -OCH3 is 1. The van der Waals surface area contributed by atoms with Gasteiger partial charge in [-0.25, -0.2) is 4.79 Å². The van der Waals surface area contributed by atoms with E-state index in [0.717, 1.165) is 4.47 Å². The Kier molecular flexibility index (Phi) is 4.52. The lowest BCUT2D eigenvalue weighted by molar-refractivity contribution is 0.0526. The Labute approximate surface area is 127 Å². The first-order chi connectivity index (χ1) is 9.12. The van der Waals surface area contributed by atoms with Crippen LogP contribution < -0.4 is 4.74 Å². The summed E-state index contributed by atoms with van der Waals surface area (Å²) in [5, 5.41) is 1.13. The molecule has 1 aromatic heterocycles. The zero-order chi connectivity index (χ0) is 14.0. The van der Waals surface area contributed by atoms with Crippen LogP contribution in [0, 0.1) is 0 Å². The van der Waals surface area contributed by atoms with Crippen molar-refractivity contribution in [2.24, 2.45) is 0 Å². The van der Waals surface area contributed by atoms with Crippen LogP contribution in [-0.2, 0) is 10.1 Å². The molecule has 4 nitrogen and oxygen atoms in total. The number of furan rings is 1. The monoisotopic (exact) mass is 390 g/mol. The van der Waals surface area contributed by atoms with Crippen LogP contribution in [0.15, 0.2) is 21.0 Å². The Hall–Kier alpha value is -1.01. The second-order valence-corrected chi connectivity index (χ2v) is 5.15. The minimum Gasteiger partial charge on any atom is -0.496 e. The number of hydrogen-bond acceptors (Lipinski definition) is 4. The molecule has 0 aliphatic heterocycles. The third-order valence-electron chi connectivity index (χ3n) is 2.64. The molecule has 6 heteroatoms. The van der Waals surface area contributed by atoms with E-state index in [1.165, 1.54) is 0 Å². The highest BCUT2D eigenvalue weighted by Gasteiger charge is 2.22. The van der Waals surface area contributed by atoms with Crippen molar-refractivity contribution in [1.82, 2.24) is 0 Å². The van der Waals surface area contributed by atoms with Gasteiger partial charge in [-0.2, -0.15) is 0 Å². The first kappa shape index (κ1) is 14.4. The molecule has 0 radical (unpaired) electrons. The average Bonchev–Trinajstić information content (AvgIpc) is 2.75. The Morgan fingerprint density at radius 2 is 2.16 bits per heavy atom. The zero-order valence-electron chi connectivity index (χ0n) is 10.5. The topological polar surface area (TPSA) is 48.7 Å². The standard InChI is InChI=1S/C13H12Br2O4/c1-3-18-13(16)12-7-4-10(17-2)8(15)5-9(7)19-11(12)6-14/h4-5H,3,6H2,1-2H3. The molecular formula is C13H12Br2O4. The lowest BCUT2D eigenvalue weighted by atomic mass is 10.1. The maximum atomic E-state index is 12.0. The van der Waals surface area contributed by atoms with Gasteiger partial charge in [0.2, 0.25) is 0 Å². The second-order valence-electron chi connectivity index (χ2n) is 3.74. The van der Waals surface area contributed by atoms with Gasteiger partial charge in [-0.15, -0.1) is 0 Å². The Balaban J connectivity index is 2.68. The number of carbonyl (C=O) groups excluding carboxylic acids is 1. The van der Waals surface area contributed by atoms with Gasteiger partial charge in [0.15, 0.2) is 0 Å². The molecule has 19 heavy (non-hydrogen) atoms. The Morgan fingerprint density at radius 1 is 1.42 bits per heavy atom. The molecule has 0 fully saturated rings. The summed E-state index contributed by atoms with van der Waals surface area (Å²) in [5.41, 5.74) is 1.06. The maximum Gasteiger partial charge on any atom is 0.342 e. The van der Waals surface area contributed by atoms with E-state index in [-0.39, 0.29) is 5.97 Å². The zero-order valence-corrected chi connectivity index (χ0v) is 13.6. The largest absolute Gasteiger partial charge is 0.496 e. The van der Waals surface area contributed by atoms with Gasteiger partial charge in [-0.05, 0) is 35.0 Å². The molecule has 0 spiro atoms. The number of benzene rings is 1. The van der Waals surface area contributed by atoms with Crippen LogP contribution in [-0.4, -0.2) is 19.7 Å². The van der Waals surface area contributed by atoms with Gasteiger partial charge >= 0.3 is 5.97 Å². The molecule has 1 heterocycles. The van der Waals surface area contributed by atoms with Crippen LogP contribution in [0.2, 0.25) is 0 Å². The first-order valence-electron chi connectivity index (χ1n) is 5.64. The maximum absolute atomic E-state index is 12.0. The summed E-state index contributed by atoms with van der Waals surface area (Å²) in [4.78, 5) is 12.0. The molecule has 0 saturated carbocycles. The second kappa shape index (κ2) is 5.96. The van der Waals surface area contributed by atoms with Crippen LogP contribution in [0.5, 0.6) is 5.75 Å². The third-order valence-corrected chi connectivity index (χ3v) is 3.77. The lowest BCUT2D eigenvalue weighted by Crippen LogP contribution is -2.06. The fraction of sp³-hybridized carbons (Fsp3) is 0.308. The molecule has 0 bridgehead atoms. The van der Waals surface area contributed by atoms with Crippen LogP contribution in [0.4, 0.5) is 0 Å². The first-order valence-corrected chi connectivity index (χ1v) is 7.55. The molecule has 0 atom stereocenters. The predicted octanol–water partition coefficient (Wildman–Crippen LogP) is 4.28. The highest BCUT2D eigenvalue weighted by molar-refractivity contribution is 9.10. The van der Waals surface area contributed by atoms with E-state index in [1.54, 1.807) is 26.2 Å². The molecule has 2 rings (SSSR count). The van der Waals surface area contributed by atoms with Crippen molar-refractivity contribution in [1.29, 1.82) is 0 Å². The Morgan fingerprint density at radius 3 is 2.74 bits per heavy atom. The van der Waals surface area contributed by atoms with E-state index in [0.29, 0.717) is 40.0 Å². The highest BCUT2D eigenvalue weighted by atomic mass is 79.9. The van der Waals surface area contributed by atoms with E-state index in [2.05, 4.69) is 31.9 Å². The summed E-state index contributed by atoms with van der Waals surface area (Å²) < 4.78 is 16.7. The summed E-state index contributed by atoms with van der Waals surface area (Å²) in [5.74, 6) is 0.800. The quantitative estimate of drug-likeness (QED) is 0.576. The molecule has 0 saturated heterocycles. The number of alkyl halides is 1. The fourth-order valence-electron chi connectivity index (χ4n) is 1.83. The number of halogens is 2. The van der Waals surface area contributed by atoms with Gasteiger partial charge < -0.3 is 13.9 Å². The van der Waals surface area contributed by atoms with E-state index in [4.69, 9.17) is 13.9 Å². The molecule has 0 aliphatic carbocycles. The third kappa shape index (κ3) is 2.65. The molecule has 1 aromatic carbocycles. The van der Waals surface area contributed by atoms with Gasteiger partial charge in [-0.3, -0.25) is 0 Å². The summed E-state index contributed by atoms with van der Waals surface area (Å²) in [6, 6.07) is 3.55. The lowest BCUT2D eigenvalue weighted by Gasteiger charge is -2.04. The SMILES string of the molecule is CCOC(=O)c1c(CBr)oc2cc(Br)c(OC)cc12. The number of hydrogen-bond donors (Lipinski definition) is 0. The number of ether oxygens (including phenoxy) is 2. The van der Waals surface area contributed by atoms with E-state index < -0.39 is 0 Å². The van der Waals surface area contributed by atoms with Gasteiger partial charge in [0.05, 0.1) is 23.5 Å². The predicted molar refractivity (Wildman–Crippen MR) is 79.1 cm³/mol. The van der Waals surface area contributed by atoms with Gasteiger partial charge in [0, 0.05) is 5.39 Å². The fourth-order valence-corrected chi connectivity index (χ4v) is 2.71. The summed E-state index contributed by atoms with van der Waals surface area (Å²) in [6.45, 7) is 2.09. The van der Waals surface area contributed by atoms with E-state index in [1.807, 2.05) is 0 Å². The van der Waals surface area contributed by atoms with Crippen molar-refractivity contribution in [3.63, 3.8) is 0 Å². The average molecular weight is 392 g/mol. The van der Waals surface area contributed by atoms with Crippen molar-refractivity contribution in [2.45, 2.75) is 12.3 Å². The molecular weight excluding hydrogens is 380 g/mol. The number of rotatable bonds is 4.